The number of fused-ring (bicyclic) bond motifs is 1. The molecule has 0 unspecified atom stereocenters. The molecule has 0 amide bonds. The van der Waals surface area contributed by atoms with Crippen LogP contribution in [-0.4, -0.2) is 36.0 Å². The predicted molar refractivity (Wildman–Crippen MR) is 144 cm³/mol. The number of para-hydroxylation sites is 1. The lowest BCUT2D eigenvalue weighted by Gasteiger charge is -2.08. The van der Waals surface area contributed by atoms with Gasteiger partial charge in [0.1, 0.15) is 11.4 Å². The Bertz CT molecular complexity index is 1820. The molecule has 0 spiro atoms. The summed E-state index contributed by atoms with van der Waals surface area (Å²) in [6.45, 7) is 4.60. The molecule has 0 saturated heterocycles. The average Bonchev–Trinajstić information content (AvgIpc) is 3.61. The zero-order valence-corrected chi connectivity index (χ0v) is 21.0. The Hall–Kier alpha value is -4.63. The van der Waals surface area contributed by atoms with Crippen LogP contribution in [0.3, 0.4) is 0 Å². The van der Waals surface area contributed by atoms with Crippen LogP contribution in [0.15, 0.2) is 84.0 Å². The van der Waals surface area contributed by atoms with E-state index in [1.807, 2.05) is 91.5 Å². The van der Waals surface area contributed by atoms with E-state index in [9.17, 15) is 4.79 Å². The highest BCUT2D eigenvalue weighted by Gasteiger charge is 2.16. The van der Waals surface area contributed by atoms with Gasteiger partial charge in [-0.1, -0.05) is 29.5 Å². The second-order valence-electron chi connectivity index (χ2n) is 8.40. The highest BCUT2D eigenvalue weighted by molar-refractivity contribution is 7.15. The number of benzene rings is 2. The first-order valence-electron chi connectivity index (χ1n) is 11.8. The zero-order chi connectivity index (χ0) is 25.4. The highest BCUT2D eigenvalue weighted by Crippen LogP contribution is 2.30. The lowest BCUT2D eigenvalue weighted by Crippen LogP contribution is -2.23. The van der Waals surface area contributed by atoms with Crippen molar-refractivity contribution in [1.82, 2.24) is 29.4 Å². The Morgan fingerprint density at radius 2 is 1.84 bits per heavy atom. The van der Waals surface area contributed by atoms with Crippen LogP contribution in [0.2, 0.25) is 0 Å². The van der Waals surface area contributed by atoms with E-state index in [4.69, 9.17) is 9.84 Å². The fraction of sp³-hybridized carbons (Fsp3) is 0.107. The first kappa shape index (κ1) is 22.8. The molecule has 6 aromatic rings. The van der Waals surface area contributed by atoms with Crippen molar-refractivity contribution in [2.45, 2.75) is 13.8 Å². The van der Waals surface area contributed by atoms with Gasteiger partial charge in [0, 0.05) is 35.3 Å². The molecule has 4 heterocycles. The van der Waals surface area contributed by atoms with Crippen molar-refractivity contribution in [3.05, 3.63) is 105 Å². The van der Waals surface area contributed by atoms with E-state index in [-0.39, 0.29) is 5.56 Å². The highest BCUT2D eigenvalue weighted by atomic mass is 32.1. The van der Waals surface area contributed by atoms with E-state index in [2.05, 4.69) is 15.1 Å². The lowest BCUT2D eigenvalue weighted by molar-refractivity contribution is 0.340. The van der Waals surface area contributed by atoms with Crippen LogP contribution in [0, 0.1) is 6.92 Å². The van der Waals surface area contributed by atoms with Gasteiger partial charge in [0.2, 0.25) is 4.96 Å². The average molecular weight is 507 g/mol. The van der Waals surface area contributed by atoms with Gasteiger partial charge in [0.05, 0.1) is 16.8 Å². The maximum Gasteiger partial charge on any atom is 0.291 e. The standard InChI is InChI=1S/C28H22N6O2S/c1-3-36-22-9-10-23(18(2)15-22)25-20(17-33(31-25)21-7-5-4-6-8-21)16-24-27(35)34-28(37-24)30-26(32-34)19-11-13-29-14-12-19/h4-17H,3H2,1-2H3. The Morgan fingerprint density at radius 3 is 2.57 bits per heavy atom. The van der Waals surface area contributed by atoms with Crippen molar-refractivity contribution in [2.24, 2.45) is 0 Å². The summed E-state index contributed by atoms with van der Waals surface area (Å²) in [6.07, 6.45) is 7.17. The summed E-state index contributed by atoms with van der Waals surface area (Å²) in [5.74, 6) is 1.31. The second-order valence-corrected chi connectivity index (χ2v) is 9.41. The molecule has 0 N–H and O–H groups in total. The molecular weight excluding hydrogens is 484 g/mol. The number of aromatic nitrogens is 6. The molecule has 0 aliphatic carbocycles. The number of thiazole rings is 1. The van der Waals surface area contributed by atoms with Gasteiger partial charge in [-0.15, -0.1) is 5.10 Å². The third kappa shape index (κ3) is 4.30. The Morgan fingerprint density at radius 1 is 1.03 bits per heavy atom. The van der Waals surface area contributed by atoms with Gasteiger partial charge >= 0.3 is 0 Å². The fourth-order valence-corrected chi connectivity index (χ4v) is 5.07. The topological polar surface area (TPSA) is 87.2 Å². The largest absolute Gasteiger partial charge is 0.494 e. The molecule has 0 bridgehead atoms. The quantitative estimate of drug-likeness (QED) is 0.334. The molecule has 4 aromatic heterocycles. The van der Waals surface area contributed by atoms with Gasteiger partial charge in [-0.05, 0) is 68.0 Å². The molecule has 0 aliphatic rings. The minimum atomic E-state index is -0.213. The zero-order valence-electron chi connectivity index (χ0n) is 20.2. The molecule has 8 nitrogen and oxygen atoms in total. The SMILES string of the molecule is CCOc1ccc(-c2nn(-c3ccccc3)cc2C=c2sc3nc(-c4ccncc4)nn3c2=O)c(C)c1. The van der Waals surface area contributed by atoms with Crippen molar-refractivity contribution in [3.63, 3.8) is 0 Å². The maximum absolute atomic E-state index is 13.3. The van der Waals surface area contributed by atoms with Crippen molar-refractivity contribution >= 4 is 22.4 Å². The molecule has 9 heteroatoms. The second kappa shape index (κ2) is 9.44. The molecule has 0 radical (unpaired) electrons. The van der Waals surface area contributed by atoms with Gasteiger partial charge in [-0.3, -0.25) is 9.78 Å². The van der Waals surface area contributed by atoms with Crippen molar-refractivity contribution in [3.8, 4) is 34.1 Å². The van der Waals surface area contributed by atoms with Crippen LogP contribution >= 0.6 is 11.3 Å². The van der Waals surface area contributed by atoms with Gasteiger partial charge in [-0.2, -0.15) is 14.6 Å². The summed E-state index contributed by atoms with van der Waals surface area (Å²) in [4.78, 5) is 22.4. The molecule has 0 saturated carbocycles. The maximum atomic E-state index is 13.3. The number of hydrogen-bond acceptors (Lipinski definition) is 7. The van der Waals surface area contributed by atoms with Gasteiger partial charge in [0.25, 0.3) is 5.56 Å². The van der Waals surface area contributed by atoms with E-state index >= 15 is 0 Å². The van der Waals surface area contributed by atoms with Crippen LogP contribution in [0.1, 0.15) is 18.1 Å². The minimum Gasteiger partial charge on any atom is -0.494 e. The summed E-state index contributed by atoms with van der Waals surface area (Å²) in [7, 11) is 0. The van der Waals surface area contributed by atoms with E-state index in [0.717, 1.165) is 39.4 Å². The van der Waals surface area contributed by atoms with Crippen LogP contribution in [0.5, 0.6) is 5.75 Å². The van der Waals surface area contributed by atoms with E-state index < -0.39 is 0 Å². The van der Waals surface area contributed by atoms with E-state index in [1.54, 1.807) is 12.4 Å². The van der Waals surface area contributed by atoms with Gasteiger partial charge < -0.3 is 4.74 Å². The van der Waals surface area contributed by atoms with Crippen LogP contribution in [-0.2, 0) is 0 Å². The third-order valence-electron chi connectivity index (χ3n) is 5.93. The molecule has 0 aliphatic heterocycles. The number of ether oxygens (including phenoxy) is 1. The molecule has 37 heavy (non-hydrogen) atoms. The smallest absolute Gasteiger partial charge is 0.291 e. The first-order valence-corrected chi connectivity index (χ1v) is 12.6. The predicted octanol–water partition coefficient (Wildman–Crippen LogP) is 4.32. The molecule has 182 valence electrons. The number of pyridine rings is 1. The van der Waals surface area contributed by atoms with Crippen LogP contribution < -0.4 is 14.8 Å². The van der Waals surface area contributed by atoms with Crippen molar-refractivity contribution < 1.29 is 4.74 Å². The first-order chi connectivity index (χ1) is 18.1. The molecule has 0 fully saturated rings. The summed E-state index contributed by atoms with van der Waals surface area (Å²) in [5.41, 5.74) is 5.14. The third-order valence-corrected chi connectivity index (χ3v) is 6.89. The summed E-state index contributed by atoms with van der Waals surface area (Å²) < 4.78 is 9.39. The normalized spacial score (nSPS) is 11.9. The number of hydrogen-bond donors (Lipinski definition) is 0. The Labute approximate surface area is 216 Å². The molecule has 2 aromatic carbocycles. The molecule has 6 rings (SSSR count). The van der Waals surface area contributed by atoms with Gasteiger partial charge in [0.15, 0.2) is 5.82 Å². The monoisotopic (exact) mass is 506 g/mol. The van der Waals surface area contributed by atoms with E-state index in [0.29, 0.717) is 21.9 Å². The van der Waals surface area contributed by atoms with E-state index in [1.165, 1.54) is 15.9 Å². The number of rotatable bonds is 6. The Kier molecular flexibility index (Phi) is 5.82. The fourth-order valence-electron chi connectivity index (χ4n) is 4.17. The van der Waals surface area contributed by atoms with Crippen LogP contribution in [0.4, 0.5) is 0 Å². The Balaban J connectivity index is 1.49. The van der Waals surface area contributed by atoms with Gasteiger partial charge in [-0.25, -0.2) is 4.68 Å². The van der Waals surface area contributed by atoms with Crippen LogP contribution in [0.25, 0.3) is 39.4 Å². The number of nitrogens with zero attached hydrogens (tertiary/aromatic N) is 6. The number of aryl methyl sites for hydroxylation is 1. The van der Waals surface area contributed by atoms with Crippen molar-refractivity contribution in [2.75, 3.05) is 6.61 Å². The summed E-state index contributed by atoms with van der Waals surface area (Å²) >= 11 is 1.31. The minimum absolute atomic E-state index is 0.213. The lowest BCUT2D eigenvalue weighted by atomic mass is 10.0. The molecule has 0 atom stereocenters. The van der Waals surface area contributed by atoms with Crippen molar-refractivity contribution in [1.29, 1.82) is 0 Å². The summed E-state index contributed by atoms with van der Waals surface area (Å²) in [5, 5.41) is 9.35. The molecular formula is C28H22N6O2S. The summed E-state index contributed by atoms with van der Waals surface area (Å²) in [6, 6.07) is 19.5.